The lowest BCUT2D eigenvalue weighted by Gasteiger charge is -2.23. The summed E-state index contributed by atoms with van der Waals surface area (Å²) in [6, 6.07) is 18.9. The molecule has 182 valence electrons. The van der Waals surface area contributed by atoms with Crippen LogP contribution in [0, 0.1) is 5.41 Å². The Labute approximate surface area is 216 Å². The van der Waals surface area contributed by atoms with E-state index < -0.39 is 0 Å². The van der Waals surface area contributed by atoms with E-state index in [1.807, 2.05) is 12.1 Å². The number of carbonyl (C=O) groups excluding carboxylic acids is 1. The van der Waals surface area contributed by atoms with Crippen molar-refractivity contribution in [2.24, 2.45) is 5.73 Å². The number of alkyl halides is 2. The van der Waals surface area contributed by atoms with E-state index in [9.17, 15) is 4.79 Å². The molecular weight excluding hydrogens is 495 g/mol. The van der Waals surface area contributed by atoms with Gasteiger partial charge in [-0.2, -0.15) is 0 Å². The molecule has 0 spiro atoms. The van der Waals surface area contributed by atoms with Gasteiger partial charge in [0.25, 0.3) is 5.91 Å². The van der Waals surface area contributed by atoms with Gasteiger partial charge in [0.2, 0.25) is 0 Å². The maximum Gasteiger partial charge on any atom is 0.287 e. The number of hydrogen-bond donors (Lipinski definition) is 3. The number of nitrogens with two attached hydrogens (primary N) is 1. The first kappa shape index (κ1) is 27.6. The zero-order valence-electron chi connectivity index (χ0n) is 18.7. The third-order valence-corrected chi connectivity index (χ3v) is 5.59. The largest absolute Gasteiger partial charge is 0.451 e. The van der Waals surface area contributed by atoms with Crippen LogP contribution in [0.4, 0.5) is 5.69 Å². The molecule has 3 rings (SSSR count). The molecule has 2 aromatic carbocycles. The predicted octanol–water partition coefficient (Wildman–Crippen LogP) is 5.30. The van der Waals surface area contributed by atoms with E-state index in [2.05, 4.69) is 34.5 Å². The van der Waals surface area contributed by atoms with E-state index in [1.165, 1.54) is 5.56 Å². The number of nitrogen functional groups attached to an aromatic ring is 1. The van der Waals surface area contributed by atoms with Crippen LogP contribution >= 0.6 is 35.6 Å². The van der Waals surface area contributed by atoms with Crippen molar-refractivity contribution in [1.29, 1.82) is 5.41 Å². The molecule has 6 nitrogen and oxygen atoms in total. The highest BCUT2D eigenvalue weighted by Gasteiger charge is 2.12. The number of furan rings is 1. The molecule has 0 saturated carbocycles. The molecular formula is C25H29Cl3N4O2. The van der Waals surface area contributed by atoms with Gasteiger partial charge >= 0.3 is 0 Å². The molecule has 34 heavy (non-hydrogen) atoms. The van der Waals surface area contributed by atoms with Gasteiger partial charge in [-0.25, -0.2) is 0 Å². The van der Waals surface area contributed by atoms with E-state index >= 15 is 0 Å². The number of nitrogens with one attached hydrogen (secondary N) is 2. The van der Waals surface area contributed by atoms with Crippen LogP contribution in [0.1, 0.15) is 28.1 Å². The van der Waals surface area contributed by atoms with Gasteiger partial charge in [0.05, 0.1) is 0 Å². The van der Waals surface area contributed by atoms with Crippen LogP contribution in [0.15, 0.2) is 65.1 Å². The lowest BCUT2D eigenvalue weighted by Crippen LogP contribution is -2.27. The number of carbonyl (C=O) groups is 1. The Hall–Kier alpha value is -2.67. The number of anilines is 1. The van der Waals surface area contributed by atoms with Crippen molar-refractivity contribution in [2.45, 2.75) is 12.8 Å². The third-order valence-electron chi connectivity index (χ3n) is 5.25. The molecule has 0 atom stereocenters. The van der Waals surface area contributed by atoms with Gasteiger partial charge in [0.1, 0.15) is 11.6 Å². The number of benzene rings is 2. The lowest BCUT2D eigenvalue weighted by molar-refractivity contribution is 0.0926. The Balaban J connectivity index is 0.00000408. The molecule has 0 saturated heterocycles. The van der Waals surface area contributed by atoms with Crippen LogP contribution in [0.25, 0.3) is 11.3 Å². The van der Waals surface area contributed by atoms with E-state index in [0.29, 0.717) is 29.6 Å². The minimum absolute atomic E-state index is 0. The number of nitrogens with zero attached hydrogens (tertiary/aromatic N) is 1. The Morgan fingerprint density at radius 2 is 1.62 bits per heavy atom. The normalized spacial score (nSPS) is 10.4. The summed E-state index contributed by atoms with van der Waals surface area (Å²) < 4.78 is 5.70. The van der Waals surface area contributed by atoms with Crippen molar-refractivity contribution in [2.75, 3.05) is 36.3 Å². The molecule has 3 aromatic rings. The lowest BCUT2D eigenvalue weighted by atomic mass is 10.1. The second kappa shape index (κ2) is 13.9. The van der Waals surface area contributed by atoms with Crippen molar-refractivity contribution in [1.82, 2.24) is 5.32 Å². The van der Waals surface area contributed by atoms with Crippen LogP contribution in [-0.4, -0.2) is 43.1 Å². The maximum atomic E-state index is 12.4. The highest BCUT2D eigenvalue weighted by atomic mass is 35.5. The van der Waals surface area contributed by atoms with Crippen LogP contribution < -0.4 is 16.0 Å². The first-order valence-corrected chi connectivity index (χ1v) is 11.9. The summed E-state index contributed by atoms with van der Waals surface area (Å²) in [6.07, 6.45) is 1.68. The average Bonchev–Trinajstić information content (AvgIpc) is 3.33. The molecule has 0 radical (unpaired) electrons. The number of amidine groups is 1. The predicted molar refractivity (Wildman–Crippen MR) is 143 cm³/mol. The first-order valence-electron chi connectivity index (χ1n) is 10.8. The van der Waals surface area contributed by atoms with Crippen LogP contribution in [-0.2, 0) is 6.42 Å². The molecule has 0 aliphatic carbocycles. The highest BCUT2D eigenvalue weighted by molar-refractivity contribution is 6.18. The van der Waals surface area contributed by atoms with E-state index in [1.54, 1.807) is 24.3 Å². The number of halogens is 3. The van der Waals surface area contributed by atoms with Crippen molar-refractivity contribution >= 4 is 53.0 Å². The molecule has 9 heteroatoms. The molecule has 1 aromatic heterocycles. The standard InChI is InChI=1S/C25H28Cl2N4O2.ClH/c26-13-16-31(17-14-27)21-9-3-18(4-10-21)2-1-15-30-25(32)23-12-11-22(33-23)19-5-7-20(8-6-19)24(28)29;/h3-12H,1-2,13-17H2,(H3,28,29)(H,30,32);1H. The summed E-state index contributed by atoms with van der Waals surface area (Å²) in [5, 5.41) is 10.4. The molecule has 0 fully saturated rings. The SMILES string of the molecule is Cl.N=C(N)c1ccc(-c2ccc(C(=O)NCCCc3ccc(N(CCCl)CCCl)cc3)o2)cc1. The van der Waals surface area contributed by atoms with Crippen molar-refractivity contribution in [3.05, 3.63) is 77.6 Å². The van der Waals surface area contributed by atoms with E-state index in [4.69, 9.17) is 38.8 Å². The second-order valence-electron chi connectivity index (χ2n) is 7.55. The summed E-state index contributed by atoms with van der Waals surface area (Å²) in [5.74, 6) is 1.74. The zero-order chi connectivity index (χ0) is 23.6. The van der Waals surface area contributed by atoms with Gasteiger partial charge in [0.15, 0.2) is 5.76 Å². The molecule has 0 bridgehead atoms. The van der Waals surface area contributed by atoms with Gasteiger partial charge in [-0.1, -0.05) is 36.4 Å². The fourth-order valence-electron chi connectivity index (χ4n) is 3.46. The fraction of sp³-hybridized carbons (Fsp3) is 0.280. The van der Waals surface area contributed by atoms with Crippen LogP contribution in [0.3, 0.4) is 0 Å². The Morgan fingerprint density at radius 3 is 2.21 bits per heavy atom. The van der Waals surface area contributed by atoms with Crippen LogP contribution in [0.2, 0.25) is 0 Å². The molecule has 0 aliphatic rings. The monoisotopic (exact) mass is 522 g/mol. The Morgan fingerprint density at radius 1 is 0.971 bits per heavy atom. The smallest absolute Gasteiger partial charge is 0.287 e. The van der Waals surface area contributed by atoms with Gasteiger partial charge in [-0.05, 0) is 42.7 Å². The van der Waals surface area contributed by atoms with Crippen LogP contribution in [0.5, 0.6) is 0 Å². The highest BCUT2D eigenvalue weighted by Crippen LogP contribution is 2.22. The molecule has 1 heterocycles. The number of aryl methyl sites for hydroxylation is 1. The molecule has 4 N–H and O–H groups in total. The topological polar surface area (TPSA) is 95.3 Å². The van der Waals surface area contributed by atoms with Gasteiger partial charge in [-0.3, -0.25) is 10.2 Å². The van der Waals surface area contributed by atoms with Gasteiger partial charge in [-0.15, -0.1) is 35.6 Å². The molecule has 0 unspecified atom stereocenters. The fourth-order valence-corrected chi connectivity index (χ4v) is 3.87. The molecule has 0 aliphatic heterocycles. The third kappa shape index (κ3) is 7.69. The summed E-state index contributed by atoms with van der Waals surface area (Å²) >= 11 is 11.8. The van der Waals surface area contributed by atoms with E-state index in [-0.39, 0.29) is 29.9 Å². The molecule has 1 amide bonds. The second-order valence-corrected chi connectivity index (χ2v) is 8.30. The number of amides is 1. The minimum Gasteiger partial charge on any atom is -0.451 e. The van der Waals surface area contributed by atoms with Crippen molar-refractivity contribution < 1.29 is 9.21 Å². The summed E-state index contributed by atoms with van der Waals surface area (Å²) in [5.41, 5.74) is 9.25. The quantitative estimate of drug-likeness (QED) is 0.130. The Bertz CT molecular complexity index is 1050. The van der Waals surface area contributed by atoms with Gasteiger partial charge in [0, 0.05) is 48.2 Å². The zero-order valence-corrected chi connectivity index (χ0v) is 21.1. The number of hydrogen-bond acceptors (Lipinski definition) is 4. The first-order chi connectivity index (χ1) is 16.0. The minimum atomic E-state index is -0.241. The summed E-state index contributed by atoms with van der Waals surface area (Å²) in [4.78, 5) is 14.6. The maximum absolute atomic E-state index is 12.4. The Kier molecular flexibility index (Phi) is 11.3. The van der Waals surface area contributed by atoms with Gasteiger partial charge < -0.3 is 20.4 Å². The van der Waals surface area contributed by atoms with Crippen molar-refractivity contribution in [3.8, 4) is 11.3 Å². The average molecular weight is 524 g/mol. The summed E-state index contributed by atoms with van der Waals surface area (Å²) in [7, 11) is 0. The van der Waals surface area contributed by atoms with Crippen molar-refractivity contribution in [3.63, 3.8) is 0 Å². The number of rotatable bonds is 12. The summed E-state index contributed by atoms with van der Waals surface area (Å²) in [6.45, 7) is 2.07. The van der Waals surface area contributed by atoms with E-state index in [0.717, 1.165) is 37.2 Å².